The molecule has 1 heterocycles. The smallest absolute Gasteiger partial charge is 0.335 e. The predicted molar refractivity (Wildman–Crippen MR) is 151 cm³/mol. The van der Waals surface area contributed by atoms with Crippen LogP contribution in [-0.2, 0) is 16.2 Å². The van der Waals surface area contributed by atoms with Gasteiger partial charge < -0.3 is 9.47 Å². The van der Waals surface area contributed by atoms with Gasteiger partial charge in [-0.3, -0.25) is 14.9 Å². The normalized spacial score (nSPS) is 14.7. The van der Waals surface area contributed by atoms with E-state index in [1.54, 1.807) is 18.2 Å². The first kappa shape index (κ1) is 26.4. The number of hydrogen-bond acceptors (Lipinski definition) is 5. The first-order chi connectivity index (χ1) is 17.6. The second-order valence-electron chi connectivity index (χ2n) is 8.99. The Bertz CT molecular complexity index is 1460. The van der Waals surface area contributed by atoms with Crippen LogP contribution in [0.25, 0.3) is 6.08 Å². The quantitative estimate of drug-likeness (QED) is 0.218. The van der Waals surface area contributed by atoms with E-state index in [0.717, 1.165) is 25.2 Å². The second-order valence-corrected chi connectivity index (χ2v) is 10.2. The summed E-state index contributed by atoms with van der Waals surface area (Å²) in [6, 6.07) is 14.3. The number of amides is 4. The third-order valence-electron chi connectivity index (χ3n) is 6.21. The molecule has 1 aliphatic heterocycles. The Morgan fingerprint density at radius 1 is 0.919 bits per heavy atom. The maximum absolute atomic E-state index is 13.3. The maximum atomic E-state index is 13.3. The molecule has 0 aliphatic carbocycles. The zero-order valence-corrected chi connectivity index (χ0v) is 23.4. The van der Waals surface area contributed by atoms with Crippen LogP contribution in [0.1, 0.15) is 33.4 Å². The molecule has 37 heavy (non-hydrogen) atoms. The number of imide groups is 2. The molecule has 4 amide bonds. The van der Waals surface area contributed by atoms with Gasteiger partial charge >= 0.3 is 6.03 Å². The van der Waals surface area contributed by atoms with Crippen molar-refractivity contribution in [2.75, 3.05) is 12.0 Å². The fraction of sp³-hybridized carbons (Fsp3) is 0.207. The van der Waals surface area contributed by atoms with E-state index >= 15 is 0 Å². The molecule has 8 heteroatoms. The fourth-order valence-electron chi connectivity index (χ4n) is 4.11. The third kappa shape index (κ3) is 5.53. The average molecular weight is 610 g/mol. The predicted octanol–water partition coefficient (Wildman–Crippen LogP) is 5.78. The number of halogens is 1. The van der Waals surface area contributed by atoms with Crippen molar-refractivity contribution in [1.29, 1.82) is 0 Å². The Morgan fingerprint density at radius 3 is 2.35 bits per heavy atom. The van der Waals surface area contributed by atoms with Crippen molar-refractivity contribution in [2.24, 2.45) is 0 Å². The van der Waals surface area contributed by atoms with E-state index in [9.17, 15) is 14.4 Å². The molecule has 0 radical (unpaired) electrons. The lowest BCUT2D eigenvalue weighted by Gasteiger charge is -2.27. The molecular weight excluding hydrogens is 583 g/mol. The van der Waals surface area contributed by atoms with Crippen LogP contribution < -0.4 is 19.7 Å². The number of aryl methyl sites for hydroxylation is 4. The number of barbiturate groups is 1. The maximum Gasteiger partial charge on any atom is 0.335 e. The van der Waals surface area contributed by atoms with Crippen molar-refractivity contribution in [3.8, 4) is 11.5 Å². The number of nitrogens with zero attached hydrogens (tertiary/aromatic N) is 1. The second kappa shape index (κ2) is 10.8. The van der Waals surface area contributed by atoms with Gasteiger partial charge in [0.05, 0.1) is 16.4 Å². The Balaban J connectivity index is 1.65. The van der Waals surface area contributed by atoms with Crippen LogP contribution >= 0.6 is 22.6 Å². The van der Waals surface area contributed by atoms with E-state index in [0.29, 0.717) is 29.4 Å². The molecule has 1 N–H and O–H groups in total. The van der Waals surface area contributed by atoms with Crippen LogP contribution in [0.2, 0.25) is 0 Å². The SMILES string of the molecule is COc1cc(/C=C2\C(=O)NC(=O)N(c3ccc(C)cc3C)C2=O)cc(I)c1OCc1ccc(C)c(C)c1. The highest BCUT2D eigenvalue weighted by molar-refractivity contribution is 14.1. The Morgan fingerprint density at radius 2 is 1.68 bits per heavy atom. The van der Waals surface area contributed by atoms with E-state index < -0.39 is 17.8 Å². The lowest BCUT2D eigenvalue weighted by Crippen LogP contribution is -2.54. The Kier molecular flexibility index (Phi) is 7.68. The van der Waals surface area contributed by atoms with Crippen molar-refractivity contribution in [3.63, 3.8) is 0 Å². The van der Waals surface area contributed by atoms with Crippen LogP contribution in [0.5, 0.6) is 11.5 Å². The fourth-order valence-corrected chi connectivity index (χ4v) is 4.89. The monoisotopic (exact) mass is 610 g/mol. The van der Waals surface area contributed by atoms with Gasteiger partial charge in [-0.25, -0.2) is 9.69 Å². The number of benzene rings is 3. The van der Waals surface area contributed by atoms with Gasteiger partial charge in [-0.05, 0) is 102 Å². The molecule has 1 aliphatic rings. The largest absolute Gasteiger partial charge is 0.493 e. The van der Waals surface area contributed by atoms with Crippen LogP contribution in [0.3, 0.4) is 0 Å². The Hall–Kier alpha value is -3.66. The lowest BCUT2D eigenvalue weighted by molar-refractivity contribution is -0.122. The minimum Gasteiger partial charge on any atom is -0.493 e. The third-order valence-corrected chi connectivity index (χ3v) is 7.01. The number of nitrogens with one attached hydrogen (secondary N) is 1. The molecule has 3 aromatic rings. The first-order valence-electron chi connectivity index (χ1n) is 11.6. The highest BCUT2D eigenvalue weighted by Gasteiger charge is 2.37. The highest BCUT2D eigenvalue weighted by atomic mass is 127. The number of carbonyl (C=O) groups is 3. The van der Waals surface area contributed by atoms with Gasteiger partial charge in [0, 0.05) is 0 Å². The summed E-state index contributed by atoms with van der Waals surface area (Å²) in [6.07, 6.45) is 1.46. The molecule has 190 valence electrons. The summed E-state index contributed by atoms with van der Waals surface area (Å²) in [5.74, 6) is -0.409. The molecule has 1 saturated heterocycles. The highest BCUT2D eigenvalue weighted by Crippen LogP contribution is 2.36. The van der Waals surface area contributed by atoms with Crippen LogP contribution in [-0.4, -0.2) is 25.0 Å². The van der Waals surface area contributed by atoms with Crippen molar-refractivity contribution in [1.82, 2.24) is 5.32 Å². The van der Waals surface area contributed by atoms with Crippen LogP contribution in [0.4, 0.5) is 10.5 Å². The molecule has 0 unspecified atom stereocenters. The zero-order chi connectivity index (χ0) is 26.9. The van der Waals surface area contributed by atoms with Gasteiger partial charge in [-0.15, -0.1) is 0 Å². The number of ether oxygens (including phenoxy) is 2. The minimum atomic E-state index is -0.777. The zero-order valence-electron chi connectivity index (χ0n) is 21.3. The van der Waals surface area contributed by atoms with Gasteiger partial charge in [-0.2, -0.15) is 0 Å². The summed E-state index contributed by atoms with van der Waals surface area (Å²) in [6.45, 7) is 8.22. The van der Waals surface area contributed by atoms with Crippen molar-refractivity contribution < 1.29 is 23.9 Å². The Labute approximate surface area is 229 Å². The molecular formula is C29H27IN2O5. The molecule has 7 nitrogen and oxygen atoms in total. The minimum absolute atomic E-state index is 0.152. The molecule has 3 aromatic carbocycles. The van der Waals surface area contributed by atoms with Gasteiger partial charge in [0.15, 0.2) is 11.5 Å². The van der Waals surface area contributed by atoms with Gasteiger partial charge in [0.2, 0.25) is 0 Å². The molecule has 0 spiro atoms. The van der Waals surface area contributed by atoms with E-state index in [4.69, 9.17) is 9.47 Å². The van der Waals surface area contributed by atoms with Crippen molar-refractivity contribution in [2.45, 2.75) is 34.3 Å². The van der Waals surface area contributed by atoms with E-state index in [2.05, 4.69) is 53.9 Å². The molecule has 0 atom stereocenters. The van der Waals surface area contributed by atoms with Gasteiger partial charge in [0.1, 0.15) is 12.2 Å². The summed E-state index contributed by atoms with van der Waals surface area (Å²) in [5, 5.41) is 2.27. The lowest BCUT2D eigenvalue weighted by atomic mass is 10.0. The van der Waals surface area contributed by atoms with Crippen molar-refractivity contribution >= 4 is 52.2 Å². The van der Waals surface area contributed by atoms with E-state index in [-0.39, 0.29) is 5.57 Å². The van der Waals surface area contributed by atoms with E-state index in [1.807, 2.05) is 32.0 Å². The molecule has 0 bridgehead atoms. The summed E-state index contributed by atoms with van der Waals surface area (Å²) in [4.78, 5) is 39.5. The topological polar surface area (TPSA) is 84.9 Å². The number of methoxy groups -OCH3 is 1. The number of carbonyl (C=O) groups excluding carboxylic acids is 3. The van der Waals surface area contributed by atoms with Gasteiger partial charge in [-0.1, -0.05) is 35.9 Å². The van der Waals surface area contributed by atoms with E-state index in [1.165, 1.54) is 24.3 Å². The van der Waals surface area contributed by atoms with Crippen LogP contribution in [0.15, 0.2) is 54.1 Å². The summed E-state index contributed by atoms with van der Waals surface area (Å²) in [7, 11) is 1.53. The average Bonchev–Trinajstić information content (AvgIpc) is 2.84. The summed E-state index contributed by atoms with van der Waals surface area (Å²) >= 11 is 2.13. The number of rotatable bonds is 6. The molecule has 0 saturated carbocycles. The summed E-state index contributed by atoms with van der Waals surface area (Å²) < 4.78 is 12.4. The number of hydrogen-bond donors (Lipinski definition) is 1. The first-order valence-corrected chi connectivity index (χ1v) is 12.7. The number of anilines is 1. The summed E-state index contributed by atoms with van der Waals surface area (Å²) in [5.41, 5.74) is 6.02. The molecule has 4 rings (SSSR count). The van der Waals surface area contributed by atoms with Crippen LogP contribution in [0, 0.1) is 31.3 Å². The standard InChI is InChI=1S/C29H27IN2O5/c1-16-6-9-24(19(4)10-16)32-28(34)22(27(33)31-29(32)35)12-21-13-23(30)26(25(14-21)36-5)37-15-20-8-7-17(2)18(3)11-20/h6-14H,15H2,1-5H3,(H,31,33,35)/b22-12+. The van der Waals surface area contributed by atoms with Crippen molar-refractivity contribution in [3.05, 3.63) is 91.1 Å². The molecule has 0 aromatic heterocycles. The number of urea groups is 1. The van der Waals surface area contributed by atoms with Gasteiger partial charge in [0.25, 0.3) is 11.8 Å². The molecule has 1 fully saturated rings.